The third-order valence-corrected chi connectivity index (χ3v) is 7.15. The highest BCUT2D eigenvalue weighted by Crippen LogP contribution is 2.39. The van der Waals surface area contributed by atoms with Gasteiger partial charge in [0, 0.05) is 23.2 Å². The fraction of sp³-hybridized carbons (Fsp3) is 0.381. The molecule has 0 saturated heterocycles. The Morgan fingerprint density at radius 3 is 2.81 bits per heavy atom. The molecule has 0 amide bonds. The van der Waals surface area contributed by atoms with E-state index in [0.717, 1.165) is 5.69 Å². The summed E-state index contributed by atoms with van der Waals surface area (Å²) in [6, 6.07) is 8.65. The summed E-state index contributed by atoms with van der Waals surface area (Å²) in [6.45, 7) is 0.712. The molecule has 2 N–H and O–H groups in total. The van der Waals surface area contributed by atoms with Crippen LogP contribution in [0.1, 0.15) is 30.9 Å². The molecule has 2 aromatic heterocycles. The van der Waals surface area contributed by atoms with Gasteiger partial charge in [0.2, 0.25) is 0 Å². The van der Waals surface area contributed by atoms with Crippen molar-refractivity contribution in [2.75, 3.05) is 31.7 Å². The van der Waals surface area contributed by atoms with Gasteiger partial charge in [-0.3, -0.25) is 5.10 Å². The van der Waals surface area contributed by atoms with Crippen molar-refractivity contribution in [1.82, 2.24) is 25.1 Å². The lowest BCUT2D eigenvalue weighted by molar-refractivity contribution is 0.408. The Balaban J connectivity index is 1.55. The van der Waals surface area contributed by atoms with Crippen molar-refractivity contribution >= 4 is 33.1 Å². The highest BCUT2D eigenvalue weighted by atomic mass is 35.5. The van der Waals surface area contributed by atoms with Crippen LogP contribution in [-0.4, -0.2) is 59.9 Å². The van der Waals surface area contributed by atoms with Crippen molar-refractivity contribution in [3.8, 4) is 11.4 Å². The minimum atomic E-state index is -3.39. The molecule has 4 rings (SSSR count). The molecule has 3 aromatic rings. The van der Waals surface area contributed by atoms with Gasteiger partial charge >= 0.3 is 0 Å². The van der Waals surface area contributed by atoms with E-state index in [1.807, 2.05) is 25.1 Å². The van der Waals surface area contributed by atoms with Crippen LogP contribution in [0.5, 0.6) is 0 Å². The predicted molar refractivity (Wildman–Crippen MR) is 122 cm³/mol. The standard InChI is InChI=1S/C21H25ClN6O2S/c1-28(2)9-4-10-31(29,30)16-6-3-5-15(11-16)20-23-13-17(22)21(25-20)24-19-12-18(26-27-19)14-7-8-14/h3,5-6,11-14H,4,7-10H2,1-2H3,(H2,23,24,25,26,27). The van der Waals surface area contributed by atoms with Crippen LogP contribution in [0, 0.1) is 0 Å². The van der Waals surface area contributed by atoms with Crippen molar-refractivity contribution in [3.63, 3.8) is 0 Å². The van der Waals surface area contributed by atoms with Crippen molar-refractivity contribution in [2.45, 2.75) is 30.1 Å². The van der Waals surface area contributed by atoms with Gasteiger partial charge in [-0.05, 0) is 52.0 Å². The third-order valence-electron chi connectivity index (χ3n) is 5.08. The Kier molecular flexibility index (Phi) is 6.27. The summed E-state index contributed by atoms with van der Waals surface area (Å²) in [4.78, 5) is 11.0. The van der Waals surface area contributed by atoms with Crippen LogP contribution < -0.4 is 5.32 Å². The van der Waals surface area contributed by atoms with Gasteiger partial charge in [-0.15, -0.1) is 0 Å². The second-order valence-electron chi connectivity index (χ2n) is 8.00. The summed E-state index contributed by atoms with van der Waals surface area (Å²) >= 11 is 6.28. The van der Waals surface area contributed by atoms with Crippen LogP contribution in [0.25, 0.3) is 11.4 Å². The zero-order valence-electron chi connectivity index (χ0n) is 17.5. The minimum Gasteiger partial charge on any atom is -0.322 e. The highest BCUT2D eigenvalue weighted by molar-refractivity contribution is 7.91. The highest BCUT2D eigenvalue weighted by Gasteiger charge is 2.25. The van der Waals surface area contributed by atoms with Gasteiger partial charge in [0.05, 0.1) is 16.8 Å². The monoisotopic (exact) mass is 460 g/mol. The molecule has 0 aliphatic heterocycles. The third kappa shape index (κ3) is 5.41. The molecular weight excluding hydrogens is 436 g/mol. The Morgan fingerprint density at radius 1 is 1.26 bits per heavy atom. The quantitative estimate of drug-likeness (QED) is 0.499. The lowest BCUT2D eigenvalue weighted by atomic mass is 10.2. The molecule has 0 unspecified atom stereocenters. The molecule has 164 valence electrons. The fourth-order valence-corrected chi connectivity index (χ4v) is 4.71. The average molecular weight is 461 g/mol. The van der Waals surface area contributed by atoms with Gasteiger partial charge in [-0.1, -0.05) is 23.7 Å². The number of H-pyrrole nitrogens is 1. The molecule has 0 radical (unpaired) electrons. The van der Waals surface area contributed by atoms with Crippen LogP contribution in [0.4, 0.5) is 11.6 Å². The lowest BCUT2D eigenvalue weighted by Crippen LogP contribution is -2.17. The van der Waals surface area contributed by atoms with E-state index < -0.39 is 9.84 Å². The normalized spacial score (nSPS) is 14.2. The molecule has 1 saturated carbocycles. The first-order chi connectivity index (χ1) is 14.8. The molecule has 0 spiro atoms. The van der Waals surface area contributed by atoms with E-state index in [0.29, 0.717) is 46.9 Å². The van der Waals surface area contributed by atoms with Crippen molar-refractivity contribution in [2.24, 2.45) is 0 Å². The van der Waals surface area contributed by atoms with Crippen LogP contribution in [0.3, 0.4) is 0 Å². The zero-order valence-corrected chi connectivity index (χ0v) is 19.0. The second-order valence-corrected chi connectivity index (χ2v) is 10.5. The lowest BCUT2D eigenvalue weighted by Gasteiger charge is -2.11. The summed E-state index contributed by atoms with van der Waals surface area (Å²) in [6.07, 6.45) is 4.42. The molecular formula is C21H25ClN6O2S. The molecule has 1 aliphatic rings. The topological polar surface area (TPSA) is 104 Å². The van der Waals surface area contributed by atoms with E-state index in [9.17, 15) is 8.42 Å². The maximum atomic E-state index is 12.7. The summed E-state index contributed by atoms with van der Waals surface area (Å²) in [5.41, 5.74) is 1.70. The number of hydrogen-bond acceptors (Lipinski definition) is 7. The van der Waals surface area contributed by atoms with Crippen molar-refractivity contribution in [1.29, 1.82) is 0 Å². The van der Waals surface area contributed by atoms with E-state index in [-0.39, 0.29) is 10.6 Å². The number of anilines is 2. The molecule has 1 fully saturated rings. The van der Waals surface area contributed by atoms with Crippen LogP contribution >= 0.6 is 11.6 Å². The Bertz CT molecular complexity index is 1170. The Hall–Kier alpha value is -2.49. The van der Waals surface area contributed by atoms with Crippen molar-refractivity contribution in [3.05, 3.63) is 47.2 Å². The first-order valence-corrected chi connectivity index (χ1v) is 12.2. The van der Waals surface area contributed by atoms with Gasteiger partial charge in [0.25, 0.3) is 0 Å². The number of aromatic nitrogens is 4. The van der Waals surface area contributed by atoms with E-state index in [1.54, 1.807) is 24.3 Å². The number of nitrogens with one attached hydrogen (secondary N) is 2. The van der Waals surface area contributed by atoms with E-state index in [4.69, 9.17) is 11.6 Å². The molecule has 10 heteroatoms. The first-order valence-electron chi connectivity index (χ1n) is 10.1. The van der Waals surface area contributed by atoms with Gasteiger partial charge < -0.3 is 10.2 Å². The summed E-state index contributed by atoms with van der Waals surface area (Å²) < 4.78 is 25.4. The average Bonchev–Trinajstić information content (AvgIpc) is 3.48. The number of hydrogen-bond donors (Lipinski definition) is 2. The summed E-state index contributed by atoms with van der Waals surface area (Å²) in [5, 5.41) is 10.8. The molecule has 2 heterocycles. The van der Waals surface area contributed by atoms with E-state index in [1.165, 1.54) is 19.0 Å². The van der Waals surface area contributed by atoms with Gasteiger partial charge in [-0.25, -0.2) is 18.4 Å². The molecule has 0 atom stereocenters. The van der Waals surface area contributed by atoms with Gasteiger partial charge in [0.15, 0.2) is 27.3 Å². The molecule has 1 aromatic carbocycles. The summed E-state index contributed by atoms with van der Waals surface area (Å²) in [5.74, 6) is 2.08. The van der Waals surface area contributed by atoms with E-state index in [2.05, 4.69) is 25.5 Å². The number of benzene rings is 1. The van der Waals surface area contributed by atoms with Crippen LogP contribution in [0.15, 0.2) is 41.4 Å². The van der Waals surface area contributed by atoms with Crippen LogP contribution in [0.2, 0.25) is 5.02 Å². The smallest absolute Gasteiger partial charge is 0.178 e. The zero-order chi connectivity index (χ0) is 22.0. The first kappa shape index (κ1) is 21.7. The molecule has 1 aliphatic carbocycles. The molecule has 8 nitrogen and oxygen atoms in total. The van der Waals surface area contributed by atoms with Crippen molar-refractivity contribution < 1.29 is 8.42 Å². The van der Waals surface area contributed by atoms with Gasteiger partial charge in [-0.2, -0.15) is 5.10 Å². The fourth-order valence-electron chi connectivity index (χ4n) is 3.24. The van der Waals surface area contributed by atoms with E-state index >= 15 is 0 Å². The number of sulfone groups is 1. The number of nitrogens with zero attached hydrogens (tertiary/aromatic N) is 4. The molecule has 0 bridgehead atoms. The number of halogens is 1. The maximum absolute atomic E-state index is 12.7. The minimum absolute atomic E-state index is 0.0887. The largest absolute Gasteiger partial charge is 0.322 e. The Labute approximate surface area is 187 Å². The predicted octanol–water partition coefficient (Wildman–Crippen LogP) is 3.87. The van der Waals surface area contributed by atoms with Gasteiger partial charge in [0.1, 0.15) is 5.02 Å². The SMILES string of the molecule is CN(C)CCCS(=O)(=O)c1cccc(-c2ncc(Cl)c(Nc3cc(C4CC4)[nH]n3)n2)c1. The summed E-state index contributed by atoms with van der Waals surface area (Å²) in [7, 11) is 0.455. The maximum Gasteiger partial charge on any atom is 0.178 e. The van der Waals surface area contributed by atoms with Crippen LogP contribution in [-0.2, 0) is 9.84 Å². The number of aromatic amines is 1. The number of rotatable bonds is 9. The Morgan fingerprint density at radius 2 is 2.06 bits per heavy atom. The second kappa shape index (κ2) is 8.94. The molecule has 31 heavy (non-hydrogen) atoms.